The number of imidazole rings is 1. The van der Waals surface area contributed by atoms with E-state index in [4.69, 9.17) is 25.7 Å². The van der Waals surface area contributed by atoms with Crippen molar-refractivity contribution in [2.75, 3.05) is 25.0 Å². The number of thiol groups is 1. The number of rotatable bonds is 16. The molecular formula is C17H31N8O13P3S. The van der Waals surface area contributed by atoms with Crippen LogP contribution in [0.5, 0.6) is 0 Å². The van der Waals surface area contributed by atoms with Crippen molar-refractivity contribution in [2.45, 2.75) is 55.2 Å². The zero-order chi connectivity index (χ0) is 31.3. The van der Waals surface area contributed by atoms with Crippen LogP contribution < -0.4 is 16.4 Å². The van der Waals surface area contributed by atoms with E-state index in [9.17, 15) is 33.7 Å². The smallest absolute Gasteiger partial charge is 0.387 e. The lowest BCUT2D eigenvalue weighted by molar-refractivity contribution is -0.0503. The Hall–Kier alpha value is -1.74. The molecule has 1 fully saturated rings. The van der Waals surface area contributed by atoms with E-state index in [1.165, 1.54) is 10.9 Å². The number of aliphatic hydroxyl groups is 2. The number of guanidine groups is 1. The first kappa shape index (κ1) is 34.7. The van der Waals surface area contributed by atoms with E-state index in [1.807, 2.05) is 0 Å². The highest BCUT2D eigenvalue weighted by atomic mass is 32.1. The Morgan fingerprint density at radius 2 is 1.71 bits per heavy atom. The van der Waals surface area contributed by atoms with Crippen molar-refractivity contribution in [3.05, 3.63) is 6.33 Å². The van der Waals surface area contributed by atoms with E-state index in [2.05, 4.69) is 51.4 Å². The molecule has 0 aliphatic carbocycles. The third-order valence-corrected chi connectivity index (χ3v) is 9.65. The number of phosphoric acid groups is 3. The second-order valence-corrected chi connectivity index (χ2v) is 13.7. The number of hydrogen-bond acceptors (Lipinski definition) is 15. The summed E-state index contributed by atoms with van der Waals surface area (Å²) in [5.41, 5.74) is 5.63. The molecule has 2 aromatic heterocycles. The van der Waals surface area contributed by atoms with Gasteiger partial charge >= 0.3 is 23.5 Å². The summed E-state index contributed by atoms with van der Waals surface area (Å²) in [4.78, 5) is 48.9. The van der Waals surface area contributed by atoms with Crippen LogP contribution in [0.25, 0.3) is 11.2 Å². The van der Waals surface area contributed by atoms with E-state index in [-0.39, 0.29) is 28.1 Å². The number of ether oxygens (including phenoxy) is 1. The summed E-state index contributed by atoms with van der Waals surface area (Å²) < 4.78 is 52.8. The van der Waals surface area contributed by atoms with Crippen LogP contribution in [-0.2, 0) is 31.6 Å². The van der Waals surface area contributed by atoms with Crippen LogP contribution >= 0.6 is 36.1 Å². The maximum Gasteiger partial charge on any atom is 0.490 e. The van der Waals surface area contributed by atoms with Gasteiger partial charge in [0.05, 0.1) is 12.9 Å². The summed E-state index contributed by atoms with van der Waals surface area (Å²) in [6.07, 6.45) is -1.49. The molecule has 2 aromatic rings. The van der Waals surface area contributed by atoms with Gasteiger partial charge in [-0.1, -0.05) is 12.8 Å². The van der Waals surface area contributed by atoms with Crippen LogP contribution in [-0.4, -0.2) is 93.3 Å². The molecule has 1 aliphatic rings. The highest BCUT2D eigenvalue weighted by molar-refractivity contribution is 7.80. The van der Waals surface area contributed by atoms with Gasteiger partial charge in [-0.3, -0.25) is 14.5 Å². The molecule has 4 unspecified atom stereocenters. The van der Waals surface area contributed by atoms with Crippen LogP contribution in [0.4, 0.5) is 5.95 Å². The molecular weight excluding hydrogens is 649 g/mol. The van der Waals surface area contributed by atoms with Gasteiger partial charge in [-0.25, -0.2) is 23.7 Å². The number of nitrogens with zero attached hydrogens (tertiary/aromatic N) is 4. The van der Waals surface area contributed by atoms with Crippen molar-refractivity contribution < 1.29 is 61.4 Å². The van der Waals surface area contributed by atoms with Crippen molar-refractivity contribution in [3.63, 3.8) is 0 Å². The molecule has 25 heteroatoms. The summed E-state index contributed by atoms with van der Waals surface area (Å²) >= 11 is 4.33. The molecule has 238 valence electrons. The molecule has 1 aliphatic heterocycles. The standard InChI is InChI=1S/C17H31N8O13P3S/c18-16(19)20-5-3-1-2-4-6-21-17-23-13-10(14(42)24-17)22-8-25(13)15-12(27)11(26)9(36-15)7-35-40(31,32)38-41(33,34)37-39(28,29)30/h8-9,11-12,15,26-27H,1-7H2,(H,31,32)(H,33,34)(H4,18,19,20)(H2,28,29,30)(H2,21,23,24,42)/t9-,11?,12?,15-/m1/s1. The first-order valence-electron chi connectivity index (χ1n) is 12.0. The number of fused-ring (bicyclic) bond motifs is 1. The SMILES string of the molecule is N=C(N)NCCCCCCNc1nc(S)c2ncn([C@@H]3O[C@H](COP(=O)(O)OP(=O)(O)OP(=O)(O)O)C(O)C3O)c2n1. The van der Waals surface area contributed by atoms with E-state index in [0.29, 0.717) is 13.1 Å². The number of aromatic nitrogens is 4. The lowest BCUT2D eigenvalue weighted by Crippen LogP contribution is -2.33. The van der Waals surface area contributed by atoms with Crippen molar-refractivity contribution in [2.24, 2.45) is 5.73 Å². The van der Waals surface area contributed by atoms with E-state index >= 15 is 0 Å². The topological polar surface area (TPSA) is 327 Å². The lowest BCUT2D eigenvalue weighted by atomic mass is 10.1. The second-order valence-electron chi connectivity index (χ2n) is 8.81. The predicted octanol–water partition coefficient (Wildman–Crippen LogP) is -0.467. The zero-order valence-electron chi connectivity index (χ0n) is 21.5. The number of nitrogens with two attached hydrogens (primary N) is 1. The Morgan fingerprint density at radius 1 is 1.05 bits per heavy atom. The number of hydrogen-bond donors (Lipinski definition) is 11. The highest BCUT2D eigenvalue weighted by Gasteiger charge is 2.47. The fourth-order valence-electron chi connectivity index (χ4n) is 3.76. The average Bonchev–Trinajstić information content (AvgIpc) is 3.38. The highest BCUT2D eigenvalue weighted by Crippen LogP contribution is 2.66. The fourth-order valence-corrected chi connectivity index (χ4v) is 7.04. The fraction of sp³-hybridized carbons (Fsp3) is 0.647. The van der Waals surface area contributed by atoms with Gasteiger partial charge in [0.25, 0.3) is 0 Å². The molecule has 0 aromatic carbocycles. The van der Waals surface area contributed by atoms with Gasteiger partial charge in [-0.05, 0) is 12.8 Å². The van der Waals surface area contributed by atoms with Crippen LogP contribution in [0.2, 0.25) is 0 Å². The molecule has 0 radical (unpaired) electrons. The van der Waals surface area contributed by atoms with Crippen molar-refractivity contribution in [1.82, 2.24) is 24.8 Å². The third kappa shape index (κ3) is 10.2. The van der Waals surface area contributed by atoms with Crippen LogP contribution in [0, 0.1) is 5.41 Å². The number of anilines is 1. The number of nitrogens with one attached hydrogen (secondary N) is 3. The Morgan fingerprint density at radius 3 is 2.36 bits per heavy atom. The molecule has 0 amide bonds. The number of unbranched alkanes of at least 4 members (excludes halogenated alkanes) is 3. The summed E-state index contributed by atoms with van der Waals surface area (Å²) in [5, 5.41) is 34.1. The Kier molecular flexibility index (Phi) is 11.9. The predicted molar refractivity (Wildman–Crippen MR) is 145 cm³/mol. The molecule has 6 atom stereocenters. The summed E-state index contributed by atoms with van der Waals surface area (Å²) in [7, 11) is -16.8. The normalized spacial score (nSPS) is 23.9. The summed E-state index contributed by atoms with van der Waals surface area (Å²) in [6.45, 7) is 0.158. The second kappa shape index (κ2) is 14.4. The van der Waals surface area contributed by atoms with Gasteiger partial charge in [-0.15, -0.1) is 12.6 Å². The number of phosphoric ester groups is 1. The first-order valence-corrected chi connectivity index (χ1v) is 17.0. The quantitative estimate of drug-likeness (QED) is 0.0266. The average molecular weight is 680 g/mol. The third-order valence-electron chi connectivity index (χ3n) is 5.53. The molecule has 3 rings (SSSR count). The molecule has 21 nitrogen and oxygen atoms in total. The van der Waals surface area contributed by atoms with Gasteiger partial charge in [0.1, 0.15) is 28.9 Å². The van der Waals surface area contributed by atoms with Crippen molar-refractivity contribution in [3.8, 4) is 0 Å². The van der Waals surface area contributed by atoms with Gasteiger partial charge in [-0.2, -0.15) is 13.6 Å². The van der Waals surface area contributed by atoms with Crippen LogP contribution in [0.15, 0.2) is 11.4 Å². The van der Waals surface area contributed by atoms with Gasteiger partial charge in [0.2, 0.25) is 5.95 Å². The van der Waals surface area contributed by atoms with Crippen LogP contribution in [0.1, 0.15) is 31.9 Å². The molecule has 1 saturated heterocycles. The minimum atomic E-state index is -5.74. The lowest BCUT2D eigenvalue weighted by Gasteiger charge is -2.19. The Bertz CT molecular complexity index is 1400. The number of aliphatic hydroxyl groups excluding tert-OH is 2. The Labute approximate surface area is 243 Å². The molecule has 3 heterocycles. The van der Waals surface area contributed by atoms with Crippen molar-refractivity contribution >= 4 is 59.2 Å². The van der Waals surface area contributed by atoms with E-state index in [1.54, 1.807) is 0 Å². The van der Waals surface area contributed by atoms with Crippen LogP contribution in [0.3, 0.4) is 0 Å². The summed E-state index contributed by atoms with van der Waals surface area (Å²) in [5.74, 6) is 0.125. The maximum absolute atomic E-state index is 12.0. The monoisotopic (exact) mass is 680 g/mol. The molecule has 0 saturated carbocycles. The van der Waals surface area contributed by atoms with Crippen molar-refractivity contribution in [1.29, 1.82) is 5.41 Å². The maximum atomic E-state index is 12.0. The molecule has 0 bridgehead atoms. The van der Waals surface area contributed by atoms with Gasteiger partial charge in [0.15, 0.2) is 17.8 Å². The Balaban J connectivity index is 1.61. The minimum Gasteiger partial charge on any atom is -0.387 e. The molecule has 42 heavy (non-hydrogen) atoms. The largest absolute Gasteiger partial charge is 0.490 e. The first-order chi connectivity index (χ1) is 19.5. The minimum absolute atomic E-state index is 0.0743. The van der Waals surface area contributed by atoms with E-state index in [0.717, 1.165) is 25.7 Å². The molecule has 0 spiro atoms. The zero-order valence-corrected chi connectivity index (χ0v) is 25.1. The van der Waals surface area contributed by atoms with Gasteiger partial charge < -0.3 is 50.9 Å². The summed E-state index contributed by atoms with van der Waals surface area (Å²) in [6, 6.07) is 0. The van der Waals surface area contributed by atoms with Gasteiger partial charge in [0, 0.05) is 13.1 Å². The van der Waals surface area contributed by atoms with E-state index < -0.39 is 54.6 Å². The molecule has 11 N–H and O–H groups in total.